The molecule has 9 heteroatoms. The van der Waals surface area contributed by atoms with E-state index in [2.05, 4.69) is 4.90 Å². The fourth-order valence-corrected chi connectivity index (χ4v) is 4.90. The Balaban J connectivity index is 1.71. The van der Waals surface area contributed by atoms with Gasteiger partial charge in [-0.05, 0) is 67.0 Å². The molecule has 1 saturated heterocycles. The van der Waals surface area contributed by atoms with Crippen LogP contribution >= 0.6 is 0 Å². The maximum Gasteiger partial charge on any atom is 0.295 e. The van der Waals surface area contributed by atoms with Crippen molar-refractivity contribution in [3.05, 3.63) is 111 Å². The Labute approximate surface area is 233 Å². The molecule has 0 saturated carbocycles. The molecule has 1 heterocycles. The van der Waals surface area contributed by atoms with Crippen LogP contribution in [-0.2, 0) is 16.2 Å². The fourth-order valence-electron chi connectivity index (χ4n) is 4.90. The number of ether oxygens (including phenoxy) is 1. The Kier molecular flexibility index (Phi) is 8.96. The molecule has 4 rings (SSSR count). The van der Waals surface area contributed by atoms with Crippen molar-refractivity contribution < 1.29 is 24.4 Å². The predicted molar refractivity (Wildman–Crippen MR) is 152 cm³/mol. The largest absolute Gasteiger partial charge is 0.507 e. The lowest BCUT2D eigenvalue weighted by Gasteiger charge is -2.28. The van der Waals surface area contributed by atoms with Crippen LogP contribution in [0.4, 0.5) is 5.69 Å². The summed E-state index contributed by atoms with van der Waals surface area (Å²) in [5.74, 6) is -1.19. The Morgan fingerprint density at radius 1 is 1.02 bits per heavy atom. The lowest BCUT2D eigenvalue weighted by Crippen LogP contribution is -2.38. The quantitative estimate of drug-likeness (QED) is 0.116. The van der Waals surface area contributed by atoms with E-state index in [-0.39, 0.29) is 23.6 Å². The fraction of sp³-hybridized carbons (Fsp3) is 0.290. The van der Waals surface area contributed by atoms with E-state index >= 15 is 0 Å². The van der Waals surface area contributed by atoms with Crippen LogP contribution in [-0.4, -0.2) is 57.7 Å². The molecule has 1 N–H and O–H groups in total. The number of hydrogen-bond acceptors (Lipinski definition) is 7. The normalized spacial score (nSPS) is 16.5. The van der Waals surface area contributed by atoms with Crippen molar-refractivity contribution in [1.29, 1.82) is 0 Å². The van der Waals surface area contributed by atoms with Gasteiger partial charge in [0.1, 0.15) is 18.1 Å². The van der Waals surface area contributed by atoms with Gasteiger partial charge in [0.15, 0.2) is 0 Å². The van der Waals surface area contributed by atoms with E-state index in [0.717, 1.165) is 18.7 Å². The smallest absolute Gasteiger partial charge is 0.295 e. The summed E-state index contributed by atoms with van der Waals surface area (Å²) in [5, 5.41) is 22.7. The molecule has 1 fully saturated rings. The summed E-state index contributed by atoms with van der Waals surface area (Å²) in [6, 6.07) is 19.7. The van der Waals surface area contributed by atoms with Crippen LogP contribution in [0, 0.1) is 17.0 Å². The number of hydrogen-bond donors (Lipinski definition) is 1. The molecule has 0 unspecified atom stereocenters. The van der Waals surface area contributed by atoms with Crippen molar-refractivity contribution in [2.24, 2.45) is 0 Å². The number of nitro groups is 1. The molecule has 9 nitrogen and oxygen atoms in total. The second kappa shape index (κ2) is 12.6. The standard InChI is InChI=1S/C31H33N3O6/c1-4-32(5-2)17-18-33-28(23-11-13-24(14-12-23)34(38)39)27(30(36)31(33)37)29(35)26-16-15-25(19-21(26)3)40-20-22-9-7-6-8-10-22/h6-16,19,28,35H,4-5,17-18,20H2,1-3H3/t28-/m1/s1. The van der Waals surface area contributed by atoms with Crippen LogP contribution in [0.5, 0.6) is 5.75 Å². The number of Topliss-reactive ketones (excluding diaryl/α,β-unsaturated/α-hetero) is 1. The molecule has 208 valence electrons. The predicted octanol–water partition coefficient (Wildman–Crippen LogP) is 5.25. The first-order valence-corrected chi connectivity index (χ1v) is 13.3. The first-order chi connectivity index (χ1) is 19.2. The summed E-state index contributed by atoms with van der Waals surface area (Å²) < 4.78 is 5.90. The number of carbonyl (C=O) groups is 2. The summed E-state index contributed by atoms with van der Waals surface area (Å²) >= 11 is 0. The summed E-state index contributed by atoms with van der Waals surface area (Å²) in [7, 11) is 0. The van der Waals surface area contributed by atoms with Gasteiger partial charge in [-0.3, -0.25) is 19.7 Å². The minimum absolute atomic E-state index is 0.0422. The Hall–Kier alpha value is -4.50. The zero-order valence-corrected chi connectivity index (χ0v) is 22.9. The molecule has 0 bridgehead atoms. The third-order valence-corrected chi connectivity index (χ3v) is 7.21. The molecular weight excluding hydrogens is 510 g/mol. The first-order valence-electron chi connectivity index (χ1n) is 13.3. The third kappa shape index (κ3) is 6.05. The van der Waals surface area contributed by atoms with Crippen LogP contribution in [0.3, 0.4) is 0 Å². The minimum Gasteiger partial charge on any atom is -0.507 e. The number of amides is 1. The van der Waals surface area contributed by atoms with E-state index in [0.29, 0.717) is 35.6 Å². The summed E-state index contributed by atoms with van der Waals surface area (Å²) in [6.07, 6.45) is 0. The van der Waals surface area contributed by atoms with Crippen molar-refractivity contribution in [3.63, 3.8) is 0 Å². The van der Waals surface area contributed by atoms with E-state index in [1.165, 1.54) is 29.2 Å². The minimum atomic E-state index is -0.884. The molecule has 40 heavy (non-hydrogen) atoms. The van der Waals surface area contributed by atoms with Crippen molar-refractivity contribution in [2.45, 2.75) is 33.4 Å². The average Bonchev–Trinajstić information content (AvgIpc) is 3.22. The average molecular weight is 544 g/mol. The van der Waals surface area contributed by atoms with Crippen LogP contribution in [0.1, 0.15) is 42.1 Å². The van der Waals surface area contributed by atoms with Crippen molar-refractivity contribution >= 4 is 23.1 Å². The number of aliphatic hydroxyl groups is 1. The molecule has 0 spiro atoms. The maximum absolute atomic E-state index is 13.4. The van der Waals surface area contributed by atoms with Gasteiger partial charge in [0.2, 0.25) is 0 Å². The molecule has 1 atom stereocenters. The number of nitro benzene ring substituents is 1. The second-order valence-electron chi connectivity index (χ2n) is 9.62. The van der Waals surface area contributed by atoms with Gasteiger partial charge in [-0.15, -0.1) is 0 Å². The number of benzene rings is 3. The zero-order chi connectivity index (χ0) is 28.8. The number of aliphatic hydroxyl groups excluding tert-OH is 1. The van der Waals surface area contributed by atoms with Crippen molar-refractivity contribution in [1.82, 2.24) is 9.80 Å². The Bertz CT molecular complexity index is 1410. The monoisotopic (exact) mass is 543 g/mol. The SMILES string of the molecule is CCN(CC)CCN1C(=O)C(=O)C(=C(O)c2ccc(OCc3ccccc3)cc2C)[C@H]1c1ccc([N+](=O)[O-])cc1. The molecule has 1 aliphatic heterocycles. The van der Waals surface area contributed by atoms with Gasteiger partial charge in [0, 0.05) is 30.8 Å². The lowest BCUT2D eigenvalue weighted by atomic mass is 9.93. The number of nitrogens with zero attached hydrogens (tertiary/aromatic N) is 3. The number of non-ortho nitro benzene ring substituents is 1. The highest BCUT2D eigenvalue weighted by atomic mass is 16.6. The lowest BCUT2D eigenvalue weighted by molar-refractivity contribution is -0.384. The number of carbonyl (C=O) groups excluding carboxylic acids is 2. The number of ketones is 1. The van der Waals surface area contributed by atoms with Gasteiger partial charge in [0.05, 0.1) is 16.5 Å². The topological polar surface area (TPSA) is 113 Å². The van der Waals surface area contributed by atoms with Gasteiger partial charge in [-0.1, -0.05) is 44.2 Å². The zero-order valence-electron chi connectivity index (χ0n) is 22.9. The molecular formula is C31H33N3O6. The van der Waals surface area contributed by atoms with Crippen molar-refractivity contribution in [2.75, 3.05) is 26.2 Å². The number of likely N-dealkylation sites (N-methyl/N-ethyl adjacent to an activating group) is 1. The van der Waals surface area contributed by atoms with Gasteiger partial charge in [0.25, 0.3) is 17.4 Å². The summed E-state index contributed by atoms with van der Waals surface area (Å²) in [5.41, 5.74) is 2.44. The maximum atomic E-state index is 13.4. The Morgan fingerprint density at radius 3 is 2.30 bits per heavy atom. The molecule has 0 aliphatic carbocycles. The Morgan fingerprint density at radius 2 is 1.70 bits per heavy atom. The van der Waals surface area contributed by atoms with Crippen LogP contribution < -0.4 is 4.74 Å². The summed E-state index contributed by atoms with van der Waals surface area (Å²) in [4.78, 5) is 40.9. The van der Waals surface area contributed by atoms with Crippen LogP contribution in [0.25, 0.3) is 5.76 Å². The molecule has 3 aromatic carbocycles. The highest BCUT2D eigenvalue weighted by Gasteiger charge is 2.46. The van der Waals surface area contributed by atoms with Gasteiger partial charge in [-0.2, -0.15) is 0 Å². The van der Waals surface area contributed by atoms with E-state index in [9.17, 15) is 24.8 Å². The molecule has 3 aromatic rings. The van der Waals surface area contributed by atoms with E-state index in [1.54, 1.807) is 25.1 Å². The highest BCUT2D eigenvalue weighted by Crippen LogP contribution is 2.40. The molecule has 1 amide bonds. The summed E-state index contributed by atoms with van der Waals surface area (Å²) in [6.45, 7) is 8.56. The number of rotatable bonds is 11. The highest BCUT2D eigenvalue weighted by molar-refractivity contribution is 6.46. The third-order valence-electron chi connectivity index (χ3n) is 7.21. The van der Waals surface area contributed by atoms with Gasteiger partial charge >= 0.3 is 0 Å². The van der Waals surface area contributed by atoms with Gasteiger partial charge < -0.3 is 19.6 Å². The molecule has 0 radical (unpaired) electrons. The van der Waals surface area contributed by atoms with Crippen LogP contribution in [0.15, 0.2) is 78.4 Å². The van der Waals surface area contributed by atoms with E-state index in [1.807, 2.05) is 44.2 Å². The number of aryl methyl sites for hydroxylation is 1. The number of likely N-dealkylation sites (tertiary alicyclic amines) is 1. The molecule has 1 aliphatic rings. The van der Waals surface area contributed by atoms with E-state index < -0.39 is 22.7 Å². The van der Waals surface area contributed by atoms with E-state index in [4.69, 9.17) is 4.74 Å². The molecule has 0 aromatic heterocycles. The second-order valence-corrected chi connectivity index (χ2v) is 9.62. The van der Waals surface area contributed by atoms with Crippen LogP contribution in [0.2, 0.25) is 0 Å². The van der Waals surface area contributed by atoms with Crippen molar-refractivity contribution in [3.8, 4) is 5.75 Å². The first kappa shape index (κ1) is 28.5. The van der Waals surface area contributed by atoms with Gasteiger partial charge in [-0.25, -0.2) is 0 Å².